The summed E-state index contributed by atoms with van der Waals surface area (Å²) < 4.78 is 0. The van der Waals surface area contributed by atoms with Gasteiger partial charge in [0.15, 0.2) is 0 Å². The molecule has 0 aliphatic heterocycles. The largest absolute Gasteiger partial charge is 0.399 e. The highest BCUT2D eigenvalue weighted by atomic mass is 16.2. The lowest BCUT2D eigenvalue weighted by Crippen LogP contribution is -2.41. The minimum absolute atomic E-state index is 0.0748. The van der Waals surface area contributed by atoms with Gasteiger partial charge < -0.3 is 11.1 Å². The van der Waals surface area contributed by atoms with Crippen LogP contribution in [0.15, 0.2) is 24.3 Å². The van der Waals surface area contributed by atoms with Gasteiger partial charge in [0, 0.05) is 12.2 Å². The minimum Gasteiger partial charge on any atom is -0.399 e. The second-order valence-electron chi connectivity index (χ2n) is 7.95. The Bertz CT molecular complexity index is 527. The second kappa shape index (κ2) is 4.75. The number of carbonyl (C=O) groups excluding carboxylic acids is 1. The minimum atomic E-state index is -0.545. The Kier molecular flexibility index (Phi) is 3.59. The van der Waals surface area contributed by atoms with Crippen molar-refractivity contribution in [2.24, 2.45) is 16.7 Å². The van der Waals surface area contributed by atoms with Gasteiger partial charge in [-0.25, -0.2) is 0 Å². The summed E-state index contributed by atoms with van der Waals surface area (Å²) in [5.74, 6) is 0.613. The van der Waals surface area contributed by atoms with Gasteiger partial charge in [-0.2, -0.15) is 0 Å². The van der Waals surface area contributed by atoms with Crippen LogP contribution in [0.3, 0.4) is 0 Å². The monoisotopic (exact) mass is 288 g/mol. The number of anilines is 1. The van der Waals surface area contributed by atoms with E-state index in [-0.39, 0.29) is 5.91 Å². The Morgan fingerprint density at radius 3 is 2.05 bits per heavy atom. The fourth-order valence-corrected chi connectivity index (χ4v) is 3.29. The molecular weight excluding hydrogens is 260 g/mol. The summed E-state index contributed by atoms with van der Waals surface area (Å²) in [6.07, 6.45) is 0. The Labute approximate surface area is 128 Å². The predicted octanol–water partition coefficient (Wildman–Crippen LogP) is 3.34. The van der Waals surface area contributed by atoms with E-state index < -0.39 is 5.41 Å². The summed E-state index contributed by atoms with van der Waals surface area (Å²) in [5.41, 5.74) is 7.47. The maximum atomic E-state index is 12.6. The van der Waals surface area contributed by atoms with E-state index >= 15 is 0 Å². The number of hydrogen-bond acceptors (Lipinski definition) is 2. The molecule has 0 spiro atoms. The van der Waals surface area contributed by atoms with Crippen LogP contribution in [0.2, 0.25) is 0 Å². The summed E-state index contributed by atoms with van der Waals surface area (Å²) in [6.45, 7) is 13.7. The summed E-state index contributed by atoms with van der Waals surface area (Å²) in [5, 5.41) is 3.14. The molecule has 2 rings (SSSR count). The molecule has 1 aromatic carbocycles. The fourth-order valence-electron chi connectivity index (χ4n) is 3.29. The van der Waals surface area contributed by atoms with E-state index in [9.17, 15) is 4.79 Å². The highest BCUT2D eigenvalue weighted by Crippen LogP contribution is 2.67. The molecule has 0 radical (unpaired) electrons. The van der Waals surface area contributed by atoms with Crippen LogP contribution in [0.25, 0.3) is 0 Å². The van der Waals surface area contributed by atoms with Crippen molar-refractivity contribution in [1.29, 1.82) is 0 Å². The lowest BCUT2D eigenvalue weighted by atomic mass is 9.83. The van der Waals surface area contributed by atoms with Crippen LogP contribution in [0.1, 0.15) is 47.1 Å². The van der Waals surface area contributed by atoms with Crippen LogP contribution in [0.4, 0.5) is 5.69 Å². The van der Waals surface area contributed by atoms with Crippen molar-refractivity contribution < 1.29 is 4.79 Å². The van der Waals surface area contributed by atoms with E-state index in [1.807, 2.05) is 38.1 Å². The van der Waals surface area contributed by atoms with Crippen molar-refractivity contribution in [1.82, 2.24) is 5.32 Å². The van der Waals surface area contributed by atoms with E-state index in [0.717, 1.165) is 17.8 Å². The number of hydrogen-bond donors (Lipinski definition) is 2. The highest BCUT2D eigenvalue weighted by Gasteiger charge is 2.64. The Morgan fingerprint density at radius 1 is 1.14 bits per heavy atom. The molecule has 1 saturated carbocycles. The van der Waals surface area contributed by atoms with Gasteiger partial charge in [-0.05, 0) is 48.3 Å². The first-order valence-electron chi connectivity index (χ1n) is 7.65. The normalized spacial score (nSPS) is 20.1. The Morgan fingerprint density at radius 2 is 1.62 bits per heavy atom. The van der Waals surface area contributed by atoms with Crippen molar-refractivity contribution in [3.8, 4) is 0 Å². The van der Waals surface area contributed by atoms with Gasteiger partial charge >= 0.3 is 0 Å². The van der Waals surface area contributed by atoms with Gasteiger partial charge in [-0.3, -0.25) is 4.79 Å². The van der Waals surface area contributed by atoms with Crippen molar-refractivity contribution in [3.63, 3.8) is 0 Å². The zero-order chi connectivity index (χ0) is 16.1. The molecule has 3 nitrogen and oxygen atoms in total. The molecule has 1 aliphatic rings. The molecule has 21 heavy (non-hydrogen) atoms. The van der Waals surface area contributed by atoms with Gasteiger partial charge in [-0.15, -0.1) is 0 Å². The highest BCUT2D eigenvalue weighted by molar-refractivity contribution is 5.87. The van der Waals surface area contributed by atoms with E-state index in [0.29, 0.717) is 16.7 Å². The van der Waals surface area contributed by atoms with Crippen LogP contribution in [0, 0.1) is 16.7 Å². The van der Waals surface area contributed by atoms with Gasteiger partial charge in [0.25, 0.3) is 0 Å². The third-order valence-corrected chi connectivity index (χ3v) is 5.99. The zero-order valence-electron chi connectivity index (χ0n) is 14.1. The van der Waals surface area contributed by atoms with E-state index in [1.54, 1.807) is 0 Å². The van der Waals surface area contributed by atoms with Crippen LogP contribution in [0.5, 0.6) is 0 Å². The average molecular weight is 288 g/mol. The molecule has 0 saturated heterocycles. The third kappa shape index (κ3) is 2.54. The second-order valence-corrected chi connectivity index (χ2v) is 7.95. The molecule has 1 fully saturated rings. The molecule has 116 valence electrons. The first kappa shape index (κ1) is 15.9. The smallest absolute Gasteiger partial charge is 0.230 e. The van der Waals surface area contributed by atoms with Crippen molar-refractivity contribution in [2.75, 3.05) is 12.3 Å². The molecule has 0 unspecified atom stereocenters. The average Bonchev–Trinajstić information content (AvgIpc) is 2.77. The fraction of sp³-hybridized carbons (Fsp3) is 0.611. The number of amides is 1. The number of carbonyl (C=O) groups is 1. The van der Waals surface area contributed by atoms with Crippen molar-refractivity contribution in [2.45, 2.75) is 47.0 Å². The van der Waals surface area contributed by atoms with Crippen LogP contribution in [-0.4, -0.2) is 12.5 Å². The van der Waals surface area contributed by atoms with Crippen molar-refractivity contribution in [3.05, 3.63) is 29.8 Å². The Hall–Kier alpha value is -1.51. The number of benzene rings is 1. The van der Waals surface area contributed by atoms with Crippen LogP contribution in [-0.2, 0) is 10.2 Å². The summed E-state index contributed by atoms with van der Waals surface area (Å²) >= 11 is 0. The van der Waals surface area contributed by atoms with E-state index in [1.165, 1.54) is 0 Å². The first-order valence-corrected chi connectivity index (χ1v) is 7.65. The number of nitrogens with two attached hydrogens (primary N) is 1. The molecular formula is C18H28N2O. The molecule has 3 heteroatoms. The molecule has 0 aromatic heterocycles. The quantitative estimate of drug-likeness (QED) is 0.835. The van der Waals surface area contributed by atoms with Gasteiger partial charge in [0.2, 0.25) is 5.91 Å². The Balaban J connectivity index is 2.02. The maximum absolute atomic E-state index is 12.6. The van der Waals surface area contributed by atoms with Crippen molar-refractivity contribution >= 4 is 11.6 Å². The zero-order valence-corrected chi connectivity index (χ0v) is 14.1. The molecule has 1 aliphatic carbocycles. The molecule has 0 heterocycles. The van der Waals surface area contributed by atoms with E-state index in [4.69, 9.17) is 5.73 Å². The third-order valence-electron chi connectivity index (χ3n) is 5.99. The van der Waals surface area contributed by atoms with Gasteiger partial charge in [-0.1, -0.05) is 39.8 Å². The lowest BCUT2D eigenvalue weighted by Gasteiger charge is -2.24. The SMILES string of the molecule is CC(C)(C(=O)NCC1C(C)(C)C1(C)C)c1ccc(N)cc1. The summed E-state index contributed by atoms with van der Waals surface area (Å²) in [6, 6.07) is 7.55. The molecule has 0 bridgehead atoms. The molecule has 3 N–H and O–H groups in total. The molecule has 0 atom stereocenters. The van der Waals surface area contributed by atoms with Crippen LogP contribution < -0.4 is 11.1 Å². The summed E-state index contributed by atoms with van der Waals surface area (Å²) in [4.78, 5) is 12.6. The topological polar surface area (TPSA) is 55.1 Å². The van der Waals surface area contributed by atoms with Crippen LogP contribution >= 0.6 is 0 Å². The summed E-state index contributed by atoms with van der Waals surface area (Å²) in [7, 11) is 0. The maximum Gasteiger partial charge on any atom is 0.230 e. The predicted molar refractivity (Wildman–Crippen MR) is 87.9 cm³/mol. The number of rotatable bonds is 4. The van der Waals surface area contributed by atoms with Gasteiger partial charge in [0.05, 0.1) is 5.41 Å². The standard InChI is InChI=1S/C18H28N2O/c1-16(2,12-7-9-13(19)10-8-12)15(21)20-11-14-17(3,4)18(14,5)6/h7-10,14H,11,19H2,1-6H3,(H,20,21). The van der Waals surface area contributed by atoms with Gasteiger partial charge in [0.1, 0.15) is 0 Å². The number of nitrogens with one attached hydrogen (secondary N) is 1. The molecule has 1 amide bonds. The molecule has 1 aromatic rings. The lowest BCUT2D eigenvalue weighted by molar-refractivity contribution is -0.125. The first-order chi connectivity index (χ1) is 9.51. The number of nitrogen functional groups attached to an aromatic ring is 1. The van der Waals surface area contributed by atoms with E-state index in [2.05, 4.69) is 33.0 Å².